The smallest absolute Gasteiger partial charge is 0.0473 e. The Labute approximate surface area is 139 Å². The average molecular weight is 306 g/mol. The number of anilines is 2. The zero-order valence-electron chi connectivity index (χ0n) is 14.4. The van der Waals surface area contributed by atoms with E-state index in [9.17, 15) is 0 Å². The lowest BCUT2D eigenvalue weighted by Crippen LogP contribution is -2.20. The van der Waals surface area contributed by atoms with Crippen molar-refractivity contribution in [3.05, 3.63) is 65.2 Å². The second-order valence-corrected chi connectivity index (χ2v) is 6.22. The number of aryl methyl sites for hydroxylation is 1. The third-order valence-electron chi connectivity index (χ3n) is 4.78. The summed E-state index contributed by atoms with van der Waals surface area (Å²) < 4.78 is 0. The van der Waals surface area contributed by atoms with Crippen LogP contribution in [-0.2, 0) is 6.42 Å². The maximum absolute atomic E-state index is 3.20. The highest BCUT2D eigenvalue weighted by Crippen LogP contribution is 2.37. The predicted octanol–water partition coefficient (Wildman–Crippen LogP) is 5.32. The van der Waals surface area contributed by atoms with Gasteiger partial charge in [0.2, 0.25) is 0 Å². The first kappa shape index (κ1) is 15.7. The topological polar surface area (TPSA) is 15.3 Å². The Morgan fingerprint density at radius 2 is 1.83 bits per heavy atom. The molecule has 0 atom stereocenters. The summed E-state index contributed by atoms with van der Waals surface area (Å²) in [4.78, 5) is 2.36. The molecule has 0 amide bonds. The maximum Gasteiger partial charge on any atom is 0.0473 e. The van der Waals surface area contributed by atoms with Gasteiger partial charge in [0.25, 0.3) is 0 Å². The van der Waals surface area contributed by atoms with Crippen LogP contribution in [-0.4, -0.2) is 14.1 Å². The Bertz CT molecular complexity index is 692. The molecule has 0 saturated heterocycles. The van der Waals surface area contributed by atoms with Crippen molar-refractivity contribution in [2.24, 2.45) is 0 Å². The number of hydrogen-bond donors (Lipinski definition) is 1. The molecule has 2 aromatic carbocycles. The fourth-order valence-electron chi connectivity index (χ4n) is 3.13. The van der Waals surface area contributed by atoms with Crippen molar-refractivity contribution in [2.75, 3.05) is 24.3 Å². The lowest BCUT2D eigenvalue weighted by atomic mass is 9.87. The molecule has 1 aliphatic rings. The predicted molar refractivity (Wildman–Crippen MR) is 101 cm³/mol. The third kappa shape index (κ3) is 3.26. The molecule has 2 aromatic rings. The van der Waals surface area contributed by atoms with E-state index in [1.165, 1.54) is 41.8 Å². The molecule has 0 aromatic heterocycles. The van der Waals surface area contributed by atoms with E-state index in [0.29, 0.717) is 0 Å². The standard InChI is InChI=1S/C21H26N2/c1-4-16-7-5-10-20(15-16)23(3)21(17-8-6-9-17)18-11-13-19(22-2)14-12-18/h5,7,10-15,22H,4,6,8-9H2,1-3H3. The fraction of sp³-hybridized carbons (Fsp3) is 0.333. The molecule has 3 rings (SSSR count). The SMILES string of the molecule is CCc1cccc(N(C)C(=C2CCC2)c2ccc(NC)cc2)c1. The van der Waals surface area contributed by atoms with Gasteiger partial charge in [-0.15, -0.1) is 0 Å². The van der Waals surface area contributed by atoms with Crippen LogP contribution in [0.2, 0.25) is 0 Å². The minimum atomic E-state index is 1.07. The van der Waals surface area contributed by atoms with Gasteiger partial charge in [-0.25, -0.2) is 0 Å². The Morgan fingerprint density at radius 1 is 1.09 bits per heavy atom. The van der Waals surface area contributed by atoms with Gasteiger partial charge in [-0.3, -0.25) is 0 Å². The molecule has 1 saturated carbocycles. The minimum Gasteiger partial charge on any atom is -0.388 e. The number of benzene rings is 2. The van der Waals surface area contributed by atoms with Crippen molar-refractivity contribution in [2.45, 2.75) is 32.6 Å². The van der Waals surface area contributed by atoms with Crippen LogP contribution < -0.4 is 10.2 Å². The van der Waals surface area contributed by atoms with Crippen LogP contribution in [0.15, 0.2) is 54.1 Å². The Kier molecular flexibility index (Phi) is 4.71. The van der Waals surface area contributed by atoms with Crippen molar-refractivity contribution < 1.29 is 0 Å². The lowest BCUT2D eigenvalue weighted by molar-refractivity contribution is 0.663. The quantitative estimate of drug-likeness (QED) is 0.804. The molecule has 0 heterocycles. The molecule has 0 radical (unpaired) electrons. The van der Waals surface area contributed by atoms with Crippen LogP contribution in [0.5, 0.6) is 0 Å². The van der Waals surface area contributed by atoms with Crippen molar-refractivity contribution in [1.29, 1.82) is 0 Å². The molecule has 1 fully saturated rings. The number of nitrogens with one attached hydrogen (secondary N) is 1. The van der Waals surface area contributed by atoms with Crippen molar-refractivity contribution >= 4 is 17.1 Å². The summed E-state index contributed by atoms with van der Waals surface area (Å²) in [6.45, 7) is 2.21. The molecule has 0 bridgehead atoms. The van der Waals surface area contributed by atoms with Gasteiger partial charge in [-0.1, -0.05) is 31.2 Å². The minimum absolute atomic E-state index is 1.07. The molecule has 2 nitrogen and oxygen atoms in total. The third-order valence-corrected chi connectivity index (χ3v) is 4.78. The van der Waals surface area contributed by atoms with Crippen LogP contribution in [0, 0.1) is 0 Å². The molecule has 1 aliphatic carbocycles. The highest BCUT2D eigenvalue weighted by molar-refractivity contribution is 5.82. The van der Waals surface area contributed by atoms with Gasteiger partial charge >= 0.3 is 0 Å². The summed E-state index contributed by atoms with van der Waals surface area (Å²) in [6, 6.07) is 17.7. The van der Waals surface area contributed by atoms with E-state index in [1.54, 1.807) is 5.57 Å². The van der Waals surface area contributed by atoms with E-state index in [1.807, 2.05) is 7.05 Å². The molecular weight excluding hydrogens is 280 g/mol. The van der Waals surface area contributed by atoms with Crippen LogP contribution in [0.3, 0.4) is 0 Å². The first-order chi connectivity index (χ1) is 11.2. The van der Waals surface area contributed by atoms with Gasteiger partial charge < -0.3 is 10.2 Å². The molecule has 1 N–H and O–H groups in total. The van der Waals surface area contributed by atoms with Gasteiger partial charge in [-0.2, -0.15) is 0 Å². The lowest BCUT2D eigenvalue weighted by Gasteiger charge is -2.30. The Hall–Kier alpha value is -2.22. The van der Waals surface area contributed by atoms with Crippen molar-refractivity contribution in [3.8, 4) is 0 Å². The zero-order chi connectivity index (χ0) is 16.2. The summed E-state index contributed by atoms with van der Waals surface area (Å²) >= 11 is 0. The molecule has 0 unspecified atom stereocenters. The average Bonchev–Trinajstić information content (AvgIpc) is 2.57. The molecule has 23 heavy (non-hydrogen) atoms. The van der Waals surface area contributed by atoms with E-state index >= 15 is 0 Å². The van der Waals surface area contributed by atoms with Crippen LogP contribution in [0.25, 0.3) is 5.70 Å². The van der Waals surface area contributed by atoms with E-state index in [2.05, 4.69) is 72.7 Å². The molecule has 2 heteroatoms. The normalized spacial score (nSPS) is 13.4. The summed E-state index contributed by atoms with van der Waals surface area (Å²) in [5.41, 5.74) is 8.08. The highest BCUT2D eigenvalue weighted by Gasteiger charge is 2.20. The second kappa shape index (κ2) is 6.91. The van der Waals surface area contributed by atoms with E-state index < -0.39 is 0 Å². The van der Waals surface area contributed by atoms with E-state index in [-0.39, 0.29) is 0 Å². The summed E-state index contributed by atoms with van der Waals surface area (Å²) in [7, 11) is 4.16. The maximum atomic E-state index is 3.20. The Balaban J connectivity index is 1.99. The van der Waals surface area contributed by atoms with Gasteiger partial charge in [0, 0.05) is 31.2 Å². The molecule has 0 spiro atoms. The first-order valence-electron chi connectivity index (χ1n) is 8.55. The van der Waals surface area contributed by atoms with Crippen LogP contribution in [0.1, 0.15) is 37.3 Å². The number of nitrogens with zero attached hydrogens (tertiary/aromatic N) is 1. The summed E-state index contributed by atoms with van der Waals surface area (Å²) in [6.07, 6.45) is 4.84. The fourth-order valence-corrected chi connectivity index (χ4v) is 3.13. The van der Waals surface area contributed by atoms with Gasteiger partial charge in [0.05, 0.1) is 0 Å². The number of rotatable bonds is 5. The number of hydrogen-bond acceptors (Lipinski definition) is 2. The van der Waals surface area contributed by atoms with Crippen LogP contribution >= 0.6 is 0 Å². The van der Waals surface area contributed by atoms with E-state index in [0.717, 1.165) is 12.1 Å². The largest absolute Gasteiger partial charge is 0.388 e. The molecule has 0 aliphatic heterocycles. The summed E-state index contributed by atoms with van der Waals surface area (Å²) in [5.74, 6) is 0. The monoisotopic (exact) mass is 306 g/mol. The van der Waals surface area contributed by atoms with Gasteiger partial charge in [0.1, 0.15) is 0 Å². The van der Waals surface area contributed by atoms with Crippen LogP contribution in [0.4, 0.5) is 11.4 Å². The van der Waals surface area contributed by atoms with Crippen molar-refractivity contribution in [1.82, 2.24) is 0 Å². The highest BCUT2D eigenvalue weighted by atomic mass is 15.1. The van der Waals surface area contributed by atoms with Crippen molar-refractivity contribution in [3.63, 3.8) is 0 Å². The van der Waals surface area contributed by atoms with Gasteiger partial charge in [0.15, 0.2) is 0 Å². The Morgan fingerprint density at radius 3 is 2.39 bits per heavy atom. The first-order valence-corrected chi connectivity index (χ1v) is 8.55. The second-order valence-electron chi connectivity index (χ2n) is 6.22. The van der Waals surface area contributed by atoms with E-state index in [4.69, 9.17) is 0 Å². The zero-order valence-corrected chi connectivity index (χ0v) is 14.4. The molecular formula is C21H26N2. The summed E-state index contributed by atoms with van der Waals surface area (Å²) in [5, 5.41) is 3.20. The molecule has 120 valence electrons. The number of allylic oxidation sites excluding steroid dienone is 1. The van der Waals surface area contributed by atoms with Gasteiger partial charge in [-0.05, 0) is 66.6 Å².